The Morgan fingerprint density at radius 1 is 0.588 bits per heavy atom. The van der Waals surface area contributed by atoms with Crippen LogP contribution < -0.4 is 0 Å². The van der Waals surface area contributed by atoms with Gasteiger partial charge in [-0.3, -0.25) is 0 Å². The summed E-state index contributed by atoms with van der Waals surface area (Å²) in [5, 5.41) is 0. The van der Waals surface area contributed by atoms with Gasteiger partial charge < -0.3 is 5.92 Å². The zero-order chi connectivity index (χ0) is 12.1. The van der Waals surface area contributed by atoms with Crippen LogP contribution in [0.2, 0.25) is 0 Å². The van der Waals surface area contributed by atoms with E-state index in [1.54, 1.807) is 0 Å². The van der Waals surface area contributed by atoms with Crippen molar-refractivity contribution in [3.63, 3.8) is 0 Å². The van der Waals surface area contributed by atoms with Crippen LogP contribution in [0, 0.1) is 18.1 Å². The minimum Gasteiger partial charge on any atom is -0.323 e. The molecule has 0 saturated heterocycles. The van der Waals surface area contributed by atoms with Gasteiger partial charge in [0, 0.05) is 0 Å². The molecule has 0 nitrogen and oxygen atoms in total. The van der Waals surface area contributed by atoms with Gasteiger partial charge in [-0.25, -0.2) is 0 Å². The van der Waals surface area contributed by atoms with Crippen molar-refractivity contribution in [2.75, 3.05) is 0 Å². The van der Waals surface area contributed by atoms with Crippen LogP contribution in [0.5, 0.6) is 0 Å². The van der Waals surface area contributed by atoms with E-state index in [0.29, 0.717) is 0 Å². The van der Waals surface area contributed by atoms with Crippen LogP contribution in [0.1, 0.15) is 20.8 Å². The second-order valence-corrected chi connectivity index (χ2v) is 3.65. The molecule has 0 bridgehead atoms. The molecule has 0 unspecified atom stereocenters. The Morgan fingerprint density at radius 3 is 0.882 bits per heavy atom. The molecule has 0 spiro atoms. The molecule has 0 aliphatic rings. The second-order valence-electron chi connectivity index (χ2n) is 3.65. The zero-order valence-electron chi connectivity index (χ0n) is 10.7. The van der Waals surface area contributed by atoms with Gasteiger partial charge in [0.25, 0.3) is 0 Å². The molecule has 0 atom stereocenters. The smallest absolute Gasteiger partial charge is 0.323 e. The summed E-state index contributed by atoms with van der Waals surface area (Å²) in [6.07, 6.45) is 0. The average molecular weight is 263 g/mol. The summed E-state index contributed by atoms with van der Waals surface area (Å²) < 4.78 is 0. The summed E-state index contributed by atoms with van der Waals surface area (Å²) in [6.45, 7) is 6.25. The van der Waals surface area contributed by atoms with Crippen LogP contribution >= 0.6 is 0 Å². The molecule has 0 aliphatic carbocycles. The molecule has 2 rings (SSSR count). The van der Waals surface area contributed by atoms with Crippen LogP contribution in [0.25, 0.3) is 0 Å². The Balaban J connectivity index is 0. The Labute approximate surface area is 117 Å². The molecule has 2 aromatic rings. The Hall–Kier alpha value is -1.03. The van der Waals surface area contributed by atoms with Crippen molar-refractivity contribution in [3.05, 3.63) is 78.7 Å². The average Bonchev–Trinajstić information content (AvgIpc) is 2.34. The summed E-state index contributed by atoms with van der Waals surface area (Å²) in [5.74, 6) is 1.42. The van der Waals surface area contributed by atoms with Gasteiger partial charge in [-0.1, -0.05) is 0 Å². The second kappa shape index (κ2) is 15.0. The quantitative estimate of drug-likeness (QED) is 0.610. The minimum absolute atomic E-state index is 0. The summed E-state index contributed by atoms with van der Waals surface area (Å²) >= 11 is 0. The first-order chi connectivity index (χ1) is 7.73. The minimum atomic E-state index is 0. The van der Waals surface area contributed by atoms with Gasteiger partial charge in [-0.15, -0.1) is 0 Å². The van der Waals surface area contributed by atoms with E-state index in [-0.39, 0.29) is 17.4 Å². The van der Waals surface area contributed by atoms with Crippen molar-refractivity contribution < 1.29 is 17.4 Å². The van der Waals surface area contributed by atoms with Gasteiger partial charge in [0.05, 0.1) is 0 Å². The molecule has 2 aromatic carbocycles. The largest absolute Gasteiger partial charge is 3.00 e. The molecule has 0 N–H and O–H groups in total. The molecule has 0 saturated carbocycles. The van der Waals surface area contributed by atoms with Crippen molar-refractivity contribution in [1.82, 2.24) is 0 Å². The fourth-order valence-corrected chi connectivity index (χ4v) is 0.684. The predicted molar refractivity (Wildman–Crippen MR) is 70.8 cm³/mol. The number of rotatable bonds is 0. The van der Waals surface area contributed by atoms with Crippen molar-refractivity contribution in [2.24, 2.45) is 0 Å². The maximum Gasteiger partial charge on any atom is 3.00 e. The van der Waals surface area contributed by atoms with Crippen molar-refractivity contribution in [3.8, 4) is 0 Å². The molecule has 89 valence electrons. The van der Waals surface area contributed by atoms with Crippen LogP contribution in [-0.4, -0.2) is 0 Å². The summed E-state index contributed by atoms with van der Waals surface area (Å²) in [7, 11) is 0. The van der Waals surface area contributed by atoms with E-state index in [1.165, 1.54) is 5.92 Å². The Kier molecular flexibility index (Phi) is 16.2. The van der Waals surface area contributed by atoms with E-state index in [1.807, 2.05) is 60.7 Å². The topological polar surface area (TPSA) is 0 Å². The summed E-state index contributed by atoms with van der Waals surface area (Å²) in [5.41, 5.74) is 0. The van der Waals surface area contributed by atoms with E-state index in [4.69, 9.17) is 0 Å². The molecule has 0 aromatic heterocycles. The number of hydrogen-bond donors (Lipinski definition) is 0. The van der Waals surface area contributed by atoms with E-state index in [9.17, 15) is 0 Å². The number of hydrogen-bond acceptors (Lipinski definition) is 0. The van der Waals surface area contributed by atoms with Gasteiger partial charge >= 0.3 is 17.4 Å². The fraction of sp³-hybridized carbons (Fsp3) is 0.188. The first-order valence-corrected chi connectivity index (χ1v) is 5.32. The van der Waals surface area contributed by atoms with Gasteiger partial charge in [-0.2, -0.15) is 93.6 Å². The van der Waals surface area contributed by atoms with Crippen molar-refractivity contribution in [1.29, 1.82) is 0 Å². The van der Waals surface area contributed by atoms with Crippen LogP contribution in [-0.2, 0) is 17.4 Å². The third kappa shape index (κ3) is 20.9. The molecule has 0 amide bonds. The monoisotopic (exact) mass is 263 g/mol. The van der Waals surface area contributed by atoms with Crippen LogP contribution in [0.15, 0.2) is 60.7 Å². The molecule has 0 fully saturated rings. The van der Waals surface area contributed by atoms with E-state index in [0.717, 1.165) is 0 Å². The normalized spacial score (nSPS) is 7.76. The molecule has 0 heterocycles. The van der Waals surface area contributed by atoms with E-state index in [2.05, 4.69) is 32.9 Å². The van der Waals surface area contributed by atoms with Gasteiger partial charge in [-0.05, 0) is 0 Å². The fourth-order valence-electron chi connectivity index (χ4n) is 0.684. The molecule has 17 heavy (non-hydrogen) atoms. The number of benzene rings is 2. The van der Waals surface area contributed by atoms with Crippen molar-refractivity contribution >= 4 is 0 Å². The Bertz CT molecular complexity index is 215. The summed E-state index contributed by atoms with van der Waals surface area (Å²) in [6, 6.07) is 25.0. The van der Waals surface area contributed by atoms with E-state index < -0.39 is 0 Å². The summed E-state index contributed by atoms with van der Waals surface area (Å²) in [4.78, 5) is 0. The van der Waals surface area contributed by atoms with Gasteiger partial charge in [0.2, 0.25) is 0 Å². The maximum atomic E-state index is 2.89. The molecular formula is C16H19Cr. The van der Waals surface area contributed by atoms with Crippen LogP contribution in [0.4, 0.5) is 0 Å². The van der Waals surface area contributed by atoms with Crippen molar-refractivity contribution in [2.45, 2.75) is 20.8 Å². The third-order valence-electron chi connectivity index (χ3n) is 1.21. The zero-order valence-corrected chi connectivity index (χ0v) is 12.0. The molecule has 1 radical (unpaired) electrons. The Morgan fingerprint density at radius 2 is 0.824 bits per heavy atom. The molecular weight excluding hydrogens is 244 g/mol. The van der Waals surface area contributed by atoms with Gasteiger partial charge in [0.15, 0.2) is 0 Å². The predicted octanol–water partition coefficient (Wildman–Crippen LogP) is 4.59. The van der Waals surface area contributed by atoms with Gasteiger partial charge in [0.1, 0.15) is 0 Å². The van der Waals surface area contributed by atoms with E-state index >= 15 is 0 Å². The first-order valence-electron chi connectivity index (χ1n) is 5.32. The molecule has 0 aliphatic heterocycles. The standard InChI is InChI=1S/2C6H5.C4H9.Cr/c2*1-2-4-6-5-3-1;1-4(2)3;/h2*1-5H;1-3H3;/q3*-1;+3. The maximum absolute atomic E-state index is 2.89. The SMILES string of the molecule is C[C-](C)C.[Cr+3].[c-]1ccccc1.[c-]1ccccc1. The first kappa shape index (κ1) is 18.3. The van der Waals surface area contributed by atoms with Crippen LogP contribution in [0.3, 0.4) is 0 Å². The third-order valence-corrected chi connectivity index (χ3v) is 1.21. The molecule has 1 heteroatoms.